The number of carboxylic acids is 1. The number of nitrogens with zero attached hydrogens (tertiary/aromatic N) is 1. The van der Waals surface area contributed by atoms with Crippen LogP contribution in [-0.4, -0.2) is 66.1 Å². The van der Waals surface area contributed by atoms with Crippen molar-refractivity contribution in [1.82, 2.24) is 10.2 Å². The van der Waals surface area contributed by atoms with Crippen LogP contribution in [0.5, 0.6) is 5.75 Å². The second-order valence-corrected chi connectivity index (χ2v) is 5.83. The zero-order chi connectivity index (χ0) is 21.0. The Labute approximate surface area is 169 Å². The Kier molecular flexibility index (Phi) is 14.3. The van der Waals surface area contributed by atoms with Gasteiger partial charge in [0.05, 0.1) is 16.3 Å². The number of hydrogen-bond donors (Lipinski definition) is 4. The minimum atomic E-state index is -0.833. The number of nitrogens with one attached hydrogen (secondary N) is 1. The Morgan fingerprint density at radius 3 is 2.25 bits per heavy atom. The highest BCUT2D eigenvalue weighted by Crippen LogP contribution is 2.29. The highest BCUT2D eigenvalue weighted by Gasteiger charge is 2.16. The van der Waals surface area contributed by atoms with Gasteiger partial charge < -0.3 is 37.0 Å². The quantitative estimate of drug-likeness (QED) is 0.409. The molecule has 1 aromatic rings. The molecule has 1 rings (SSSR count). The molecule has 0 unspecified atom stereocenters. The molecule has 10 nitrogen and oxygen atoms in total. The molecule has 160 valence electrons. The van der Waals surface area contributed by atoms with E-state index in [1.54, 1.807) is 0 Å². The van der Waals surface area contributed by atoms with E-state index in [2.05, 4.69) is 24.1 Å². The second-order valence-electron chi connectivity index (χ2n) is 5.43. The number of ether oxygens (including phenoxy) is 1. The van der Waals surface area contributed by atoms with Gasteiger partial charge in [-0.1, -0.05) is 25.4 Å². The van der Waals surface area contributed by atoms with Crippen LogP contribution >= 0.6 is 11.6 Å². The Balaban J connectivity index is 0. The monoisotopic (exact) mass is 420 g/mol. The van der Waals surface area contributed by atoms with Gasteiger partial charge in [0.1, 0.15) is 5.75 Å². The fourth-order valence-electron chi connectivity index (χ4n) is 1.98. The van der Waals surface area contributed by atoms with E-state index in [9.17, 15) is 9.59 Å². The van der Waals surface area contributed by atoms with Gasteiger partial charge in [0.2, 0.25) is 0 Å². The van der Waals surface area contributed by atoms with Gasteiger partial charge in [-0.05, 0) is 19.2 Å². The predicted octanol–water partition coefficient (Wildman–Crippen LogP) is 0.124. The molecule has 0 saturated heterocycles. The number of hydrogen-bond acceptors (Lipinski definition) is 6. The van der Waals surface area contributed by atoms with Crippen molar-refractivity contribution in [2.45, 2.75) is 20.8 Å². The summed E-state index contributed by atoms with van der Waals surface area (Å²) in [6, 6.07) is 2.82. The lowest BCUT2D eigenvalue weighted by Crippen LogP contribution is -2.35. The molecule has 0 atom stereocenters. The summed E-state index contributed by atoms with van der Waals surface area (Å²) in [4.78, 5) is 34.3. The number of benzene rings is 1. The van der Waals surface area contributed by atoms with Crippen molar-refractivity contribution < 1.29 is 29.7 Å². The van der Waals surface area contributed by atoms with Crippen molar-refractivity contribution in [3.63, 3.8) is 0 Å². The third kappa shape index (κ3) is 11.2. The molecule has 0 spiro atoms. The average molecular weight is 421 g/mol. The van der Waals surface area contributed by atoms with Crippen LogP contribution < -0.4 is 21.5 Å². The molecule has 0 aromatic heterocycles. The molecule has 28 heavy (non-hydrogen) atoms. The lowest BCUT2D eigenvalue weighted by atomic mass is 10.1. The topological polar surface area (TPSA) is 179 Å². The molecule has 11 heteroatoms. The molecule has 0 radical (unpaired) electrons. The number of halogens is 1. The fourth-order valence-corrected chi connectivity index (χ4v) is 2.14. The first-order valence-corrected chi connectivity index (χ1v) is 8.70. The number of carboxylic acid groups (broad SMARTS) is 1. The van der Waals surface area contributed by atoms with Gasteiger partial charge in [0.15, 0.2) is 6.61 Å². The van der Waals surface area contributed by atoms with E-state index >= 15 is 0 Å². The van der Waals surface area contributed by atoms with E-state index < -0.39 is 11.9 Å². The van der Waals surface area contributed by atoms with Gasteiger partial charge in [-0.3, -0.25) is 14.4 Å². The fraction of sp³-hybridized carbons (Fsp3) is 0.471. The predicted molar refractivity (Wildman–Crippen MR) is 108 cm³/mol. The Morgan fingerprint density at radius 1 is 1.25 bits per heavy atom. The first kappa shape index (κ1) is 27.7. The summed E-state index contributed by atoms with van der Waals surface area (Å²) in [6.45, 7) is 7.89. The highest BCUT2D eigenvalue weighted by molar-refractivity contribution is 6.33. The number of amides is 2. The van der Waals surface area contributed by atoms with Crippen molar-refractivity contribution in [1.29, 1.82) is 0 Å². The molecular weight excluding hydrogens is 392 g/mol. The van der Waals surface area contributed by atoms with E-state index in [1.165, 1.54) is 12.1 Å². The normalized spacial score (nSPS) is 9.61. The standard InChI is InChI=1S/C15H23ClN4O3.C2H4O2.H2O/c1-3-20(4-2)6-5-19-15(22)10-7-11(16)12(17)8-13(10)23-9-14(18)21;1-2(3)4;/h7-8H,3-6,9,17H2,1-2H3,(H2,18,21)(H,19,22);1H3,(H,3,4);1H2. The van der Waals surface area contributed by atoms with Gasteiger partial charge in [-0.25, -0.2) is 0 Å². The Hall–Kier alpha value is -2.56. The number of carbonyl (C=O) groups excluding carboxylic acids is 2. The van der Waals surface area contributed by atoms with E-state index in [-0.39, 0.29) is 40.0 Å². The van der Waals surface area contributed by atoms with Gasteiger partial charge in [-0.15, -0.1) is 0 Å². The van der Waals surface area contributed by atoms with Crippen LogP contribution in [0, 0.1) is 0 Å². The Morgan fingerprint density at radius 2 is 1.79 bits per heavy atom. The summed E-state index contributed by atoms with van der Waals surface area (Å²) in [5.41, 5.74) is 11.2. The third-order valence-corrected chi connectivity index (χ3v) is 3.65. The first-order chi connectivity index (χ1) is 12.6. The number of nitrogen functional groups attached to an aromatic ring is 1. The van der Waals surface area contributed by atoms with E-state index in [0.717, 1.165) is 26.6 Å². The minimum Gasteiger partial charge on any atom is -0.483 e. The molecule has 1 aromatic carbocycles. The summed E-state index contributed by atoms with van der Waals surface area (Å²) in [5, 5.41) is 10.5. The van der Waals surface area contributed by atoms with Crippen molar-refractivity contribution in [2.75, 3.05) is 38.5 Å². The van der Waals surface area contributed by atoms with E-state index in [1.807, 2.05) is 0 Å². The summed E-state index contributed by atoms with van der Waals surface area (Å²) >= 11 is 5.96. The maximum Gasteiger partial charge on any atom is 0.300 e. The summed E-state index contributed by atoms with van der Waals surface area (Å²) in [7, 11) is 0. The van der Waals surface area contributed by atoms with E-state index in [0.29, 0.717) is 6.54 Å². The van der Waals surface area contributed by atoms with Crippen molar-refractivity contribution in [3.05, 3.63) is 22.7 Å². The van der Waals surface area contributed by atoms with Crippen LogP contribution in [0.2, 0.25) is 5.02 Å². The summed E-state index contributed by atoms with van der Waals surface area (Å²) in [6.07, 6.45) is 0. The van der Waals surface area contributed by atoms with Crippen LogP contribution in [0.1, 0.15) is 31.1 Å². The molecule has 0 aliphatic heterocycles. The molecule has 0 saturated carbocycles. The maximum absolute atomic E-state index is 12.3. The summed E-state index contributed by atoms with van der Waals surface area (Å²) in [5.74, 6) is -1.66. The molecule has 0 aliphatic carbocycles. The molecular formula is C17H29ClN4O6. The van der Waals surface area contributed by atoms with Crippen LogP contribution in [0.4, 0.5) is 5.69 Å². The second kappa shape index (κ2) is 14.5. The first-order valence-electron chi connectivity index (χ1n) is 8.32. The smallest absolute Gasteiger partial charge is 0.300 e. The largest absolute Gasteiger partial charge is 0.483 e. The van der Waals surface area contributed by atoms with Crippen LogP contribution in [0.15, 0.2) is 12.1 Å². The lowest BCUT2D eigenvalue weighted by Gasteiger charge is -2.18. The SMILES string of the molecule is CC(=O)O.CCN(CC)CCNC(=O)c1cc(Cl)c(N)cc1OCC(N)=O.O. The summed E-state index contributed by atoms with van der Waals surface area (Å²) < 4.78 is 5.24. The molecule has 0 heterocycles. The van der Waals surface area contributed by atoms with Gasteiger partial charge in [0, 0.05) is 26.1 Å². The zero-order valence-electron chi connectivity index (χ0n) is 16.3. The lowest BCUT2D eigenvalue weighted by molar-refractivity contribution is -0.134. The van der Waals surface area contributed by atoms with Gasteiger partial charge >= 0.3 is 0 Å². The van der Waals surface area contributed by atoms with Gasteiger partial charge in [-0.2, -0.15) is 0 Å². The van der Waals surface area contributed by atoms with Crippen LogP contribution in [-0.2, 0) is 9.59 Å². The molecule has 2 amide bonds. The zero-order valence-corrected chi connectivity index (χ0v) is 17.0. The van der Waals surface area contributed by atoms with Crippen molar-refractivity contribution in [2.24, 2.45) is 5.73 Å². The number of rotatable bonds is 9. The number of aliphatic carboxylic acids is 1. The number of anilines is 1. The average Bonchev–Trinajstić information content (AvgIpc) is 2.58. The van der Waals surface area contributed by atoms with Crippen molar-refractivity contribution in [3.8, 4) is 5.75 Å². The minimum absolute atomic E-state index is 0. The van der Waals surface area contributed by atoms with Crippen molar-refractivity contribution >= 4 is 35.1 Å². The number of carbonyl (C=O) groups is 3. The molecule has 0 aliphatic rings. The van der Waals surface area contributed by atoms with Gasteiger partial charge in [0.25, 0.3) is 17.8 Å². The molecule has 0 bridgehead atoms. The number of likely N-dealkylation sites (N-methyl/N-ethyl adjacent to an activating group) is 1. The highest BCUT2D eigenvalue weighted by atomic mass is 35.5. The van der Waals surface area contributed by atoms with Crippen LogP contribution in [0.3, 0.4) is 0 Å². The van der Waals surface area contributed by atoms with Crippen LogP contribution in [0.25, 0.3) is 0 Å². The number of nitrogens with two attached hydrogens (primary N) is 2. The maximum atomic E-state index is 12.3. The third-order valence-electron chi connectivity index (χ3n) is 3.32. The van der Waals surface area contributed by atoms with E-state index in [4.69, 9.17) is 37.7 Å². The Bertz CT molecular complexity index is 649. The molecule has 0 fully saturated rings. The number of primary amides is 1. The molecule has 8 N–H and O–H groups in total.